The van der Waals surface area contributed by atoms with Crippen molar-refractivity contribution in [2.24, 2.45) is 5.73 Å². The zero-order valence-corrected chi connectivity index (χ0v) is 11.9. The molecule has 2 rings (SSSR count). The molecule has 1 aromatic carbocycles. The fourth-order valence-electron chi connectivity index (χ4n) is 2.25. The lowest BCUT2D eigenvalue weighted by Crippen LogP contribution is -2.27. The van der Waals surface area contributed by atoms with Crippen molar-refractivity contribution < 1.29 is 5.11 Å². The number of nitrogens with zero attached hydrogens (tertiary/aromatic N) is 1. The van der Waals surface area contributed by atoms with Gasteiger partial charge < -0.3 is 15.4 Å². The largest absolute Gasteiger partial charge is 0.395 e. The van der Waals surface area contributed by atoms with Gasteiger partial charge in [-0.3, -0.25) is 4.79 Å². The molecule has 0 aliphatic carbocycles. The van der Waals surface area contributed by atoms with Gasteiger partial charge in [-0.25, -0.2) is 0 Å². The molecule has 0 aliphatic heterocycles. The molecule has 4 nitrogen and oxygen atoms in total. The highest BCUT2D eigenvalue weighted by atomic mass is 16.3. The van der Waals surface area contributed by atoms with Crippen molar-refractivity contribution in [2.45, 2.75) is 26.9 Å². The first-order chi connectivity index (χ1) is 9.58. The van der Waals surface area contributed by atoms with Gasteiger partial charge in [0.25, 0.3) is 5.56 Å². The molecule has 3 N–H and O–H groups in total. The Morgan fingerprint density at radius 2 is 1.90 bits per heavy atom. The molecule has 0 saturated carbocycles. The van der Waals surface area contributed by atoms with Crippen LogP contribution >= 0.6 is 0 Å². The first kappa shape index (κ1) is 14.5. The molecule has 106 valence electrons. The molecule has 0 aliphatic rings. The summed E-state index contributed by atoms with van der Waals surface area (Å²) in [5.74, 6) is 0. The normalized spacial score (nSPS) is 10.8. The Balaban J connectivity index is 2.63. The zero-order chi connectivity index (χ0) is 14.7. The molecule has 1 aromatic heterocycles. The maximum Gasteiger partial charge on any atom is 0.255 e. The Bertz CT molecular complexity index is 675. The van der Waals surface area contributed by atoms with Gasteiger partial charge in [-0.1, -0.05) is 18.2 Å². The van der Waals surface area contributed by atoms with Gasteiger partial charge in [0.1, 0.15) is 0 Å². The number of aliphatic hydroxyl groups excluding tert-OH is 1. The molecule has 20 heavy (non-hydrogen) atoms. The number of aryl methyl sites for hydroxylation is 2. The highest BCUT2D eigenvalue weighted by Gasteiger charge is 2.10. The van der Waals surface area contributed by atoms with Crippen molar-refractivity contribution in [3.63, 3.8) is 0 Å². The van der Waals surface area contributed by atoms with E-state index in [1.165, 1.54) is 11.1 Å². The summed E-state index contributed by atoms with van der Waals surface area (Å²) in [7, 11) is 0. The number of nitrogens with two attached hydrogens (primary N) is 1. The van der Waals surface area contributed by atoms with Crippen molar-refractivity contribution in [3.8, 4) is 11.3 Å². The molecule has 0 spiro atoms. The van der Waals surface area contributed by atoms with E-state index in [0.717, 1.165) is 11.3 Å². The first-order valence-electron chi connectivity index (χ1n) is 6.69. The minimum Gasteiger partial charge on any atom is -0.395 e. The third-order valence-electron chi connectivity index (χ3n) is 3.60. The number of hydrogen-bond donors (Lipinski definition) is 2. The standard InChI is InChI=1S/C16H20N2O2/c1-11-3-4-13(9-12(11)2)15-6-5-14(10-17)16(20)18(15)7-8-19/h3-6,9,19H,7-8,10,17H2,1-2H3. The SMILES string of the molecule is Cc1ccc(-c2ccc(CN)c(=O)n2CCO)cc1C. The van der Waals surface area contributed by atoms with Gasteiger partial charge in [0.15, 0.2) is 0 Å². The molecule has 0 unspecified atom stereocenters. The highest BCUT2D eigenvalue weighted by Crippen LogP contribution is 2.21. The lowest BCUT2D eigenvalue weighted by Gasteiger charge is -2.14. The van der Waals surface area contributed by atoms with Gasteiger partial charge in [-0.15, -0.1) is 0 Å². The molecule has 0 radical (unpaired) electrons. The second kappa shape index (κ2) is 6.03. The highest BCUT2D eigenvalue weighted by molar-refractivity contribution is 5.61. The van der Waals surface area contributed by atoms with E-state index in [9.17, 15) is 9.90 Å². The van der Waals surface area contributed by atoms with Crippen LogP contribution in [0.15, 0.2) is 35.1 Å². The Morgan fingerprint density at radius 1 is 1.15 bits per heavy atom. The smallest absolute Gasteiger partial charge is 0.255 e. The van der Waals surface area contributed by atoms with E-state index in [-0.39, 0.29) is 25.3 Å². The first-order valence-corrected chi connectivity index (χ1v) is 6.69. The minimum atomic E-state index is -0.128. The van der Waals surface area contributed by atoms with Crippen molar-refractivity contribution >= 4 is 0 Å². The van der Waals surface area contributed by atoms with E-state index in [1.807, 2.05) is 25.1 Å². The van der Waals surface area contributed by atoms with Crippen LogP contribution in [0.3, 0.4) is 0 Å². The Kier molecular flexibility index (Phi) is 4.37. The summed E-state index contributed by atoms with van der Waals surface area (Å²) in [6.07, 6.45) is 0. The predicted molar refractivity (Wildman–Crippen MR) is 80.6 cm³/mol. The van der Waals surface area contributed by atoms with E-state index in [0.29, 0.717) is 5.56 Å². The van der Waals surface area contributed by atoms with Crippen molar-refractivity contribution in [1.82, 2.24) is 4.57 Å². The van der Waals surface area contributed by atoms with Crippen LogP contribution in [-0.4, -0.2) is 16.3 Å². The third kappa shape index (κ3) is 2.66. The molecule has 4 heteroatoms. The lowest BCUT2D eigenvalue weighted by atomic mass is 10.0. The predicted octanol–water partition coefficient (Wildman–Crippen LogP) is 1.58. The second-order valence-corrected chi connectivity index (χ2v) is 4.93. The lowest BCUT2D eigenvalue weighted by molar-refractivity contribution is 0.274. The van der Waals surface area contributed by atoms with Crippen LogP contribution in [0.5, 0.6) is 0 Å². The Labute approximate surface area is 118 Å². The van der Waals surface area contributed by atoms with E-state index < -0.39 is 0 Å². The van der Waals surface area contributed by atoms with Gasteiger partial charge in [0, 0.05) is 18.7 Å². The average molecular weight is 272 g/mol. The molecule has 0 atom stereocenters. The van der Waals surface area contributed by atoms with Gasteiger partial charge in [-0.05, 0) is 42.7 Å². The van der Waals surface area contributed by atoms with E-state index in [2.05, 4.69) is 13.0 Å². The number of hydrogen-bond acceptors (Lipinski definition) is 3. The molecular formula is C16H20N2O2. The Hall–Kier alpha value is -1.91. The number of aromatic nitrogens is 1. The summed E-state index contributed by atoms with van der Waals surface area (Å²) >= 11 is 0. The van der Waals surface area contributed by atoms with E-state index in [1.54, 1.807) is 10.6 Å². The minimum absolute atomic E-state index is 0.0776. The van der Waals surface area contributed by atoms with Crippen molar-refractivity contribution in [2.75, 3.05) is 6.61 Å². The van der Waals surface area contributed by atoms with Crippen LogP contribution in [0.2, 0.25) is 0 Å². The average Bonchev–Trinajstić information content (AvgIpc) is 2.44. The van der Waals surface area contributed by atoms with Gasteiger partial charge >= 0.3 is 0 Å². The van der Waals surface area contributed by atoms with Gasteiger partial charge in [0.05, 0.1) is 12.3 Å². The fourth-order valence-corrected chi connectivity index (χ4v) is 2.25. The van der Waals surface area contributed by atoms with Crippen LogP contribution in [0.25, 0.3) is 11.3 Å². The summed E-state index contributed by atoms with van der Waals surface area (Å²) < 4.78 is 1.59. The van der Waals surface area contributed by atoms with E-state index >= 15 is 0 Å². The summed E-state index contributed by atoms with van der Waals surface area (Å²) in [4.78, 5) is 12.3. The number of aliphatic hydroxyl groups is 1. The van der Waals surface area contributed by atoms with Crippen LogP contribution in [0.4, 0.5) is 0 Å². The number of rotatable bonds is 4. The maximum atomic E-state index is 12.3. The second-order valence-electron chi connectivity index (χ2n) is 4.93. The zero-order valence-electron chi connectivity index (χ0n) is 11.9. The summed E-state index contributed by atoms with van der Waals surface area (Å²) in [5, 5.41) is 9.19. The summed E-state index contributed by atoms with van der Waals surface area (Å²) in [6.45, 7) is 4.50. The number of pyridine rings is 1. The van der Waals surface area contributed by atoms with Crippen LogP contribution in [-0.2, 0) is 13.1 Å². The molecule has 1 heterocycles. The van der Waals surface area contributed by atoms with E-state index in [4.69, 9.17) is 5.73 Å². The molecule has 0 saturated heterocycles. The Morgan fingerprint density at radius 3 is 2.50 bits per heavy atom. The van der Waals surface area contributed by atoms with Crippen LogP contribution in [0, 0.1) is 13.8 Å². The van der Waals surface area contributed by atoms with Crippen LogP contribution in [0.1, 0.15) is 16.7 Å². The fraction of sp³-hybridized carbons (Fsp3) is 0.312. The monoisotopic (exact) mass is 272 g/mol. The maximum absolute atomic E-state index is 12.3. The summed E-state index contributed by atoms with van der Waals surface area (Å²) in [6, 6.07) is 9.74. The molecule has 0 amide bonds. The number of benzene rings is 1. The van der Waals surface area contributed by atoms with Gasteiger partial charge in [-0.2, -0.15) is 0 Å². The molecular weight excluding hydrogens is 252 g/mol. The molecule has 0 fully saturated rings. The van der Waals surface area contributed by atoms with Crippen molar-refractivity contribution in [1.29, 1.82) is 0 Å². The van der Waals surface area contributed by atoms with Gasteiger partial charge in [0.2, 0.25) is 0 Å². The molecule has 0 bridgehead atoms. The third-order valence-corrected chi connectivity index (χ3v) is 3.60. The van der Waals surface area contributed by atoms with Crippen LogP contribution < -0.4 is 11.3 Å². The topological polar surface area (TPSA) is 68.2 Å². The molecule has 2 aromatic rings. The quantitative estimate of drug-likeness (QED) is 0.888. The van der Waals surface area contributed by atoms with Crippen molar-refractivity contribution in [3.05, 3.63) is 57.4 Å². The summed E-state index contributed by atoms with van der Waals surface area (Å²) in [5.41, 5.74) is 10.2.